The summed E-state index contributed by atoms with van der Waals surface area (Å²) in [6.45, 7) is 6.36. The van der Waals surface area contributed by atoms with Crippen LogP contribution in [0.5, 0.6) is 0 Å². The summed E-state index contributed by atoms with van der Waals surface area (Å²) in [5, 5.41) is 6.66. The van der Waals surface area contributed by atoms with Crippen LogP contribution in [-0.2, 0) is 13.0 Å². The smallest absolute Gasteiger partial charge is 0.253 e. The second kappa shape index (κ2) is 9.26. The maximum absolute atomic E-state index is 12.3. The predicted octanol–water partition coefficient (Wildman–Crippen LogP) is 4.53. The van der Waals surface area contributed by atoms with Crippen LogP contribution >= 0.6 is 0 Å². The van der Waals surface area contributed by atoms with Gasteiger partial charge in [0.1, 0.15) is 0 Å². The van der Waals surface area contributed by atoms with Crippen LogP contribution in [0.4, 0.5) is 0 Å². The number of nitrogens with zero attached hydrogens (tertiary/aromatic N) is 3. The lowest BCUT2D eigenvalue weighted by Gasteiger charge is -2.06. The number of carbonyl (C=O) groups is 1. The Hall–Kier alpha value is -3.02. The molecule has 28 heavy (non-hydrogen) atoms. The topological polar surface area (TPSA) is 80.9 Å². The average Bonchev–Trinajstić information content (AvgIpc) is 3.20. The normalized spacial score (nSPS) is 11.0. The molecule has 3 rings (SSSR count). The lowest BCUT2D eigenvalue weighted by atomic mass is 10.0. The third-order valence-corrected chi connectivity index (χ3v) is 4.48. The number of hydrogen-bond donors (Lipinski definition) is 1. The third kappa shape index (κ3) is 5.03. The number of rotatable bonds is 8. The van der Waals surface area contributed by atoms with Crippen molar-refractivity contribution in [2.45, 2.75) is 52.5 Å². The van der Waals surface area contributed by atoms with E-state index in [0.717, 1.165) is 17.7 Å². The van der Waals surface area contributed by atoms with Crippen LogP contribution < -0.4 is 5.32 Å². The molecule has 6 nitrogen and oxygen atoms in total. The van der Waals surface area contributed by atoms with Gasteiger partial charge in [0.25, 0.3) is 5.91 Å². The summed E-state index contributed by atoms with van der Waals surface area (Å²) >= 11 is 0. The standard InChI is InChI=1S/C22H26N4O2/c1-4-5-6-16-7-9-17(10-8-16)19-12-11-18(13-23-19)21(27)24-14-20-25-22(15(2)3)28-26-20/h7-13,15H,4-6,14H2,1-3H3,(H,24,27). The highest BCUT2D eigenvalue weighted by Gasteiger charge is 2.12. The third-order valence-electron chi connectivity index (χ3n) is 4.48. The van der Waals surface area contributed by atoms with Crippen molar-refractivity contribution < 1.29 is 9.32 Å². The molecule has 0 saturated heterocycles. The summed E-state index contributed by atoms with van der Waals surface area (Å²) in [4.78, 5) is 21.0. The molecule has 1 aromatic carbocycles. The van der Waals surface area contributed by atoms with E-state index in [4.69, 9.17) is 4.52 Å². The van der Waals surface area contributed by atoms with Gasteiger partial charge in [0.2, 0.25) is 5.89 Å². The van der Waals surface area contributed by atoms with Gasteiger partial charge in [0, 0.05) is 17.7 Å². The van der Waals surface area contributed by atoms with E-state index in [-0.39, 0.29) is 18.4 Å². The molecule has 2 heterocycles. The summed E-state index contributed by atoms with van der Waals surface area (Å²) in [5.74, 6) is 0.972. The lowest BCUT2D eigenvalue weighted by molar-refractivity contribution is 0.0949. The fourth-order valence-electron chi connectivity index (χ4n) is 2.76. The first-order chi connectivity index (χ1) is 13.6. The molecule has 0 radical (unpaired) electrons. The van der Waals surface area contributed by atoms with E-state index in [9.17, 15) is 4.79 Å². The van der Waals surface area contributed by atoms with Gasteiger partial charge >= 0.3 is 0 Å². The summed E-state index contributed by atoms with van der Waals surface area (Å²) in [6, 6.07) is 12.1. The Labute approximate surface area is 165 Å². The van der Waals surface area contributed by atoms with Crippen LogP contribution in [0.1, 0.15) is 67.2 Å². The van der Waals surface area contributed by atoms with Gasteiger partial charge in [-0.3, -0.25) is 9.78 Å². The Bertz CT molecular complexity index is 899. The number of hydrogen-bond acceptors (Lipinski definition) is 5. The van der Waals surface area contributed by atoms with Gasteiger partial charge < -0.3 is 9.84 Å². The highest BCUT2D eigenvalue weighted by Crippen LogP contribution is 2.19. The van der Waals surface area contributed by atoms with Crippen molar-refractivity contribution in [1.29, 1.82) is 0 Å². The molecule has 0 unspecified atom stereocenters. The van der Waals surface area contributed by atoms with E-state index >= 15 is 0 Å². The first-order valence-electron chi connectivity index (χ1n) is 9.73. The molecule has 0 bridgehead atoms. The van der Waals surface area contributed by atoms with Crippen LogP contribution in [0.3, 0.4) is 0 Å². The van der Waals surface area contributed by atoms with E-state index < -0.39 is 0 Å². The number of amides is 1. The number of pyridine rings is 1. The molecule has 0 aliphatic heterocycles. The monoisotopic (exact) mass is 378 g/mol. The van der Waals surface area contributed by atoms with E-state index in [1.54, 1.807) is 12.3 Å². The Morgan fingerprint density at radius 3 is 2.54 bits per heavy atom. The van der Waals surface area contributed by atoms with Crippen LogP contribution in [0.15, 0.2) is 47.1 Å². The Morgan fingerprint density at radius 1 is 1.14 bits per heavy atom. The quantitative estimate of drug-likeness (QED) is 0.623. The Balaban J connectivity index is 1.59. The van der Waals surface area contributed by atoms with Gasteiger partial charge in [-0.25, -0.2) is 0 Å². The summed E-state index contributed by atoms with van der Waals surface area (Å²) in [7, 11) is 0. The predicted molar refractivity (Wildman–Crippen MR) is 108 cm³/mol. The maximum Gasteiger partial charge on any atom is 0.253 e. The molecular weight excluding hydrogens is 352 g/mol. The summed E-state index contributed by atoms with van der Waals surface area (Å²) < 4.78 is 5.13. The molecule has 0 aliphatic carbocycles. The Kier molecular flexibility index (Phi) is 6.53. The fraction of sp³-hybridized carbons (Fsp3) is 0.364. The van der Waals surface area contributed by atoms with Crippen molar-refractivity contribution in [2.75, 3.05) is 0 Å². The molecular formula is C22H26N4O2. The molecule has 0 atom stereocenters. The molecule has 146 valence electrons. The highest BCUT2D eigenvalue weighted by atomic mass is 16.5. The molecule has 0 aliphatic rings. The molecule has 0 saturated carbocycles. The molecule has 0 spiro atoms. The minimum Gasteiger partial charge on any atom is -0.345 e. The molecule has 3 aromatic rings. The average molecular weight is 378 g/mol. The minimum atomic E-state index is -0.218. The lowest BCUT2D eigenvalue weighted by Crippen LogP contribution is -2.23. The van der Waals surface area contributed by atoms with Crippen molar-refractivity contribution in [3.63, 3.8) is 0 Å². The number of aromatic nitrogens is 3. The molecule has 2 aromatic heterocycles. The van der Waals surface area contributed by atoms with Crippen LogP contribution in [0.2, 0.25) is 0 Å². The molecule has 1 N–H and O–H groups in total. The number of aryl methyl sites for hydroxylation is 1. The highest BCUT2D eigenvalue weighted by molar-refractivity contribution is 5.94. The molecule has 1 amide bonds. The van der Waals surface area contributed by atoms with E-state index in [2.05, 4.69) is 51.6 Å². The van der Waals surface area contributed by atoms with Gasteiger partial charge in [-0.1, -0.05) is 56.6 Å². The van der Waals surface area contributed by atoms with Crippen molar-refractivity contribution in [3.05, 3.63) is 65.4 Å². The van der Waals surface area contributed by atoms with Gasteiger partial charge in [-0.15, -0.1) is 0 Å². The second-order valence-electron chi connectivity index (χ2n) is 7.12. The first kappa shape index (κ1) is 19.7. The van der Waals surface area contributed by atoms with Crippen molar-refractivity contribution in [2.24, 2.45) is 0 Å². The van der Waals surface area contributed by atoms with Crippen molar-refractivity contribution in [1.82, 2.24) is 20.4 Å². The van der Waals surface area contributed by atoms with E-state index in [1.807, 2.05) is 19.9 Å². The zero-order valence-corrected chi connectivity index (χ0v) is 16.6. The van der Waals surface area contributed by atoms with Gasteiger partial charge in [-0.05, 0) is 30.5 Å². The van der Waals surface area contributed by atoms with Crippen LogP contribution in [0.25, 0.3) is 11.3 Å². The van der Waals surface area contributed by atoms with Gasteiger partial charge in [0.15, 0.2) is 5.82 Å². The summed E-state index contributed by atoms with van der Waals surface area (Å²) in [5.41, 5.74) is 3.72. The number of benzene rings is 1. The first-order valence-corrected chi connectivity index (χ1v) is 9.73. The minimum absolute atomic E-state index is 0.161. The number of carbonyl (C=O) groups excluding carboxylic acids is 1. The SMILES string of the molecule is CCCCc1ccc(-c2ccc(C(=O)NCc3noc(C(C)C)n3)cn2)cc1. The summed E-state index contributed by atoms with van der Waals surface area (Å²) in [6.07, 6.45) is 5.08. The van der Waals surface area contributed by atoms with Crippen molar-refractivity contribution >= 4 is 5.91 Å². The zero-order valence-electron chi connectivity index (χ0n) is 16.6. The van der Waals surface area contributed by atoms with E-state index in [0.29, 0.717) is 17.3 Å². The number of nitrogens with one attached hydrogen (secondary N) is 1. The van der Waals surface area contributed by atoms with Crippen molar-refractivity contribution in [3.8, 4) is 11.3 Å². The zero-order chi connectivity index (χ0) is 19.9. The Morgan fingerprint density at radius 2 is 1.93 bits per heavy atom. The van der Waals surface area contributed by atoms with Crippen LogP contribution in [0, 0.1) is 0 Å². The van der Waals surface area contributed by atoms with Crippen LogP contribution in [-0.4, -0.2) is 21.0 Å². The molecule has 0 fully saturated rings. The van der Waals surface area contributed by atoms with Gasteiger partial charge in [0.05, 0.1) is 17.8 Å². The van der Waals surface area contributed by atoms with E-state index in [1.165, 1.54) is 18.4 Å². The van der Waals surface area contributed by atoms with Gasteiger partial charge in [-0.2, -0.15) is 4.98 Å². The maximum atomic E-state index is 12.3. The molecule has 6 heteroatoms. The second-order valence-corrected chi connectivity index (χ2v) is 7.12. The largest absolute Gasteiger partial charge is 0.345 e. The fourth-order valence-corrected chi connectivity index (χ4v) is 2.76. The number of unbranched alkanes of at least 4 members (excludes halogenated alkanes) is 1.